The lowest BCUT2D eigenvalue weighted by Gasteiger charge is -2.23. The summed E-state index contributed by atoms with van der Waals surface area (Å²) in [6.45, 7) is 5.98. The molecule has 1 unspecified atom stereocenters. The Balaban J connectivity index is 1.54. The summed E-state index contributed by atoms with van der Waals surface area (Å²) in [6, 6.07) is 15.4. The minimum atomic E-state index is -1.21. The van der Waals surface area contributed by atoms with E-state index in [-0.39, 0.29) is 18.4 Å². The van der Waals surface area contributed by atoms with Gasteiger partial charge >= 0.3 is 5.97 Å². The third kappa shape index (κ3) is 5.92. The minimum absolute atomic E-state index is 0.145. The van der Waals surface area contributed by atoms with Gasteiger partial charge in [0.1, 0.15) is 0 Å². The van der Waals surface area contributed by atoms with E-state index in [0.29, 0.717) is 6.54 Å². The zero-order valence-corrected chi connectivity index (χ0v) is 18.2. The number of hydrogen-bond donors (Lipinski definition) is 1. The van der Waals surface area contributed by atoms with E-state index in [1.165, 1.54) is 13.8 Å². The molecular weight excluding hydrogens is 390 g/mol. The summed E-state index contributed by atoms with van der Waals surface area (Å²) in [5, 5.41) is 9.12. The largest absolute Gasteiger partial charge is 0.479 e. The Labute approximate surface area is 183 Å². The maximum absolute atomic E-state index is 12.9. The molecule has 1 N–H and O–H groups in total. The molecule has 1 aliphatic rings. The normalized spacial score (nSPS) is 16.2. The monoisotopic (exact) mass is 419 g/mol. The Hall–Kier alpha value is -3.18. The van der Waals surface area contributed by atoms with Crippen molar-refractivity contribution in [2.75, 3.05) is 6.54 Å². The maximum Gasteiger partial charge on any atom is 0.335 e. The fraction of sp³-hybridized carbons (Fsp3) is 0.308. The van der Waals surface area contributed by atoms with E-state index in [1.54, 1.807) is 0 Å². The molecule has 0 saturated carbocycles. The Bertz CT molecular complexity index is 971. The van der Waals surface area contributed by atoms with Crippen molar-refractivity contribution in [3.05, 3.63) is 89.1 Å². The summed E-state index contributed by atoms with van der Waals surface area (Å²) >= 11 is 0. The number of carbonyl (C=O) groups is 2. The van der Waals surface area contributed by atoms with Gasteiger partial charge in [0, 0.05) is 12.1 Å². The lowest BCUT2D eigenvalue weighted by Crippen LogP contribution is -2.34. The Kier molecular flexibility index (Phi) is 7.08. The van der Waals surface area contributed by atoms with Gasteiger partial charge in [-0.15, -0.1) is 0 Å². The average Bonchev–Trinajstić information content (AvgIpc) is 3.21. The first-order chi connectivity index (χ1) is 14.8. The number of Topliss-reactive ketones (excluding diaryl/α,β-unsaturated/α-hetero) is 1. The highest BCUT2D eigenvalue weighted by Crippen LogP contribution is 2.20. The molecule has 5 nitrogen and oxygen atoms in total. The van der Waals surface area contributed by atoms with Crippen molar-refractivity contribution < 1.29 is 19.4 Å². The van der Waals surface area contributed by atoms with Crippen LogP contribution in [-0.2, 0) is 16.1 Å². The topological polar surface area (TPSA) is 66.8 Å². The first kappa shape index (κ1) is 22.5. The highest BCUT2D eigenvalue weighted by molar-refractivity contribution is 6.00. The van der Waals surface area contributed by atoms with Gasteiger partial charge in [0.25, 0.3) is 0 Å². The predicted molar refractivity (Wildman–Crippen MR) is 122 cm³/mol. The summed E-state index contributed by atoms with van der Waals surface area (Å²) in [7, 11) is 0. The number of ketones is 1. The molecular formula is C26H29NO4. The standard InChI is InChI=1S/C26H29NO4/c1-19-8-14-22(15-9-19)24(28)23-7-5-17-27(23)16-4-6-20-10-12-21(13-11-20)18-31-26(2,3)25(29)30/h4-6,8-15,17,23H,7,16,18H2,1-3H3,(H,29,30)/b6-4+. The van der Waals surface area contributed by atoms with Gasteiger partial charge in [-0.1, -0.05) is 72.3 Å². The van der Waals surface area contributed by atoms with Crippen LogP contribution >= 0.6 is 0 Å². The molecule has 0 aromatic heterocycles. The van der Waals surface area contributed by atoms with Gasteiger partial charge in [-0.25, -0.2) is 4.79 Å². The molecule has 2 aromatic rings. The molecule has 31 heavy (non-hydrogen) atoms. The van der Waals surface area contributed by atoms with Crippen molar-refractivity contribution in [2.45, 2.75) is 45.4 Å². The molecule has 5 heteroatoms. The van der Waals surface area contributed by atoms with Gasteiger partial charge in [0.2, 0.25) is 0 Å². The summed E-state index contributed by atoms with van der Waals surface area (Å²) in [6.07, 6.45) is 8.82. The average molecular weight is 420 g/mol. The number of hydrogen-bond acceptors (Lipinski definition) is 4. The number of carbonyl (C=O) groups excluding carboxylic acids is 1. The Morgan fingerprint density at radius 2 is 1.81 bits per heavy atom. The molecule has 0 radical (unpaired) electrons. The molecule has 0 fully saturated rings. The third-order valence-corrected chi connectivity index (χ3v) is 5.42. The molecule has 1 atom stereocenters. The van der Waals surface area contributed by atoms with E-state index >= 15 is 0 Å². The van der Waals surface area contributed by atoms with Crippen LogP contribution in [0.15, 0.2) is 66.9 Å². The molecule has 0 aliphatic carbocycles. The minimum Gasteiger partial charge on any atom is -0.479 e. The van der Waals surface area contributed by atoms with E-state index in [9.17, 15) is 9.59 Å². The summed E-state index contributed by atoms with van der Waals surface area (Å²) in [5.74, 6) is -0.839. The molecule has 0 spiro atoms. The fourth-order valence-corrected chi connectivity index (χ4v) is 3.28. The smallest absolute Gasteiger partial charge is 0.335 e. The molecule has 2 aromatic carbocycles. The Morgan fingerprint density at radius 3 is 2.45 bits per heavy atom. The van der Waals surface area contributed by atoms with Gasteiger partial charge in [0.05, 0.1) is 12.6 Å². The van der Waals surface area contributed by atoms with E-state index in [1.807, 2.05) is 79.9 Å². The van der Waals surface area contributed by atoms with Gasteiger partial charge in [-0.2, -0.15) is 0 Å². The van der Waals surface area contributed by atoms with Crippen molar-refractivity contribution in [2.24, 2.45) is 0 Å². The van der Waals surface area contributed by atoms with Crippen LogP contribution in [-0.4, -0.2) is 39.9 Å². The highest BCUT2D eigenvalue weighted by atomic mass is 16.5. The molecule has 3 rings (SSSR count). The number of nitrogens with zero attached hydrogens (tertiary/aromatic N) is 1. The van der Waals surface area contributed by atoms with Crippen molar-refractivity contribution >= 4 is 17.8 Å². The number of carboxylic acid groups (broad SMARTS) is 1. The second-order valence-corrected chi connectivity index (χ2v) is 8.31. The highest BCUT2D eigenvalue weighted by Gasteiger charge is 2.28. The molecule has 1 heterocycles. The number of aliphatic carboxylic acids is 1. The second kappa shape index (κ2) is 9.75. The molecule has 162 valence electrons. The quantitative estimate of drug-likeness (QED) is 0.588. The van der Waals surface area contributed by atoms with Crippen LogP contribution in [0, 0.1) is 6.92 Å². The summed E-state index contributed by atoms with van der Waals surface area (Å²) in [4.78, 5) is 26.0. The molecule has 1 aliphatic heterocycles. The number of carboxylic acids is 1. The van der Waals surface area contributed by atoms with Crippen molar-refractivity contribution in [3.8, 4) is 0 Å². The van der Waals surface area contributed by atoms with Crippen LogP contribution in [0.25, 0.3) is 6.08 Å². The van der Waals surface area contributed by atoms with Crippen molar-refractivity contribution in [3.63, 3.8) is 0 Å². The van der Waals surface area contributed by atoms with Crippen LogP contribution in [0.2, 0.25) is 0 Å². The molecule has 0 amide bonds. The van der Waals surface area contributed by atoms with Crippen LogP contribution in [0.1, 0.15) is 47.3 Å². The van der Waals surface area contributed by atoms with Gasteiger partial charge in [0.15, 0.2) is 11.4 Å². The van der Waals surface area contributed by atoms with E-state index in [0.717, 1.165) is 28.7 Å². The number of benzene rings is 2. The fourth-order valence-electron chi connectivity index (χ4n) is 3.28. The van der Waals surface area contributed by atoms with E-state index in [4.69, 9.17) is 9.84 Å². The number of rotatable bonds is 9. The van der Waals surface area contributed by atoms with Crippen LogP contribution < -0.4 is 0 Å². The van der Waals surface area contributed by atoms with Crippen molar-refractivity contribution in [1.29, 1.82) is 0 Å². The first-order valence-electron chi connectivity index (χ1n) is 10.4. The zero-order chi connectivity index (χ0) is 22.4. The van der Waals surface area contributed by atoms with E-state index in [2.05, 4.69) is 4.90 Å². The SMILES string of the molecule is Cc1ccc(C(=O)C2CC=CN2C/C=C/c2ccc(COC(C)(C)C(=O)O)cc2)cc1. The molecule has 0 bridgehead atoms. The van der Waals surface area contributed by atoms with Gasteiger partial charge in [-0.05, 0) is 44.5 Å². The first-order valence-corrected chi connectivity index (χ1v) is 10.4. The number of aryl methyl sites for hydroxylation is 1. The van der Waals surface area contributed by atoms with Crippen LogP contribution in [0.4, 0.5) is 0 Å². The van der Waals surface area contributed by atoms with Crippen molar-refractivity contribution in [1.82, 2.24) is 4.90 Å². The lowest BCUT2D eigenvalue weighted by molar-refractivity contribution is -0.162. The zero-order valence-electron chi connectivity index (χ0n) is 18.2. The number of ether oxygens (including phenoxy) is 1. The van der Waals surface area contributed by atoms with E-state index < -0.39 is 11.6 Å². The Morgan fingerprint density at radius 1 is 1.13 bits per heavy atom. The summed E-state index contributed by atoms with van der Waals surface area (Å²) < 4.78 is 5.48. The second-order valence-electron chi connectivity index (χ2n) is 8.31. The molecule has 0 saturated heterocycles. The maximum atomic E-state index is 12.9. The van der Waals surface area contributed by atoms with Gasteiger partial charge < -0.3 is 14.7 Å². The predicted octanol–water partition coefficient (Wildman–Crippen LogP) is 4.86. The van der Waals surface area contributed by atoms with Crippen LogP contribution in [0.3, 0.4) is 0 Å². The third-order valence-electron chi connectivity index (χ3n) is 5.42. The summed E-state index contributed by atoms with van der Waals surface area (Å²) in [5.41, 5.74) is 2.62. The van der Waals surface area contributed by atoms with Gasteiger partial charge in [-0.3, -0.25) is 4.79 Å². The van der Waals surface area contributed by atoms with Crippen LogP contribution in [0.5, 0.6) is 0 Å². The lowest BCUT2D eigenvalue weighted by atomic mass is 10.0.